The lowest BCUT2D eigenvalue weighted by Crippen LogP contribution is -2.59. The van der Waals surface area contributed by atoms with Crippen molar-refractivity contribution in [1.29, 1.82) is 0 Å². The van der Waals surface area contributed by atoms with Gasteiger partial charge in [0.05, 0.1) is 5.51 Å². The molecule has 0 amide bonds. The van der Waals surface area contributed by atoms with Gasteiger partial charge in [-0.3, -0.25) is 9.88 Å². The zero-order valence-electron chi connectivity index (χ0n) is 13.3. The second-order valence-electron chi connectivity index (χ2n) is 6.25. The highest BCUT2D eigenvalue weighted by Crippen LogP contribution is 2.24. The molecule has 2 heterocycles. The van der Waals surface area contributed by atoms with Gasteiger partial charge in [0.15, 0.2) is 0 Å². The van der Waals surface area contributed by atoms with Crippen LogP contribution < -0.4 is 5.32 Å². The van der Waals surface area contributed by atoms with Crippen LogP contribution >= 0.6 is 11.3 Å². The second kappa shape index (κ2) is 7.53. The minimum absolute atomic E-state index is 0.633. The highest BCUT2D eigenvalue weighted by molar-refractivity contribution is 7.09. The molecule has 0 bridgehead atoms. The molecule has 1 saturated heterocycles. The van der Waals surface area contributed by atoms with Crippen molar-refractivity contribution >= 4 is 11.3 Å². The number of rotatable bonds is 6. The summed E-state index contributed by atoms with van der Waals surface area (Å²) in [6, 6.07) is 1.29. The van der Waals surface area contributed by atoms with Crippen molar-refractivity contribution in [3.63, 3.8) is 0 Å². The average molecular weight is 295 g/mol. The van der Waals surface area contributed by atoms with Crippen LogP contribution in [0.4, 0.5) is 0 Å². The van der Waals surface area contributed by atoms with Gasteiger partial charge in [0.2, 0.25) is 0 Å². The van der Waals surface area contributed by atoms with Gasteiger partial charge in [-0.1, -0.05) is 40.5 Å². The molecule has 4 heteroatoms. The average Bonchev–Trinajstić information content (AvgIpc) is 2.98. The molecule has 1 aromatic heterocycles. The first-order valence-corrected chi connectivity index (χ1v) is 8.88. The van der Waals surface area contributed by atoms with E-state index in [0.717, 1.165) is 24.9 Å². The third-order valence-electron chi connectivity index (χ3n) is 4.96. The Kier molecular flexibility index (Phi) is 6.00. The number of hydrogen-bond donors (Lipinski definition) is 1. The highest BCUT2D eigenvalue weighted by atomic mass is 32.1. The van der Waals surface area contributed by atoms with Crippen LogP contribution in [0.25, 0.3) is 0 Å². The standard InChI is InChI=1S/C16H29N3S/c1-5-12(3)15-10-19(9-14-7-17-11-20-14)16(8-18-15)13(4)6-2/h7,11-13,15-16,18H,5-6,8-10H2,1-4H3. The quantitative estimate of drug-likeness (QED) is 0.872. The fourth-order valence-electron chi connectivity index (χ4n) is 3.05. The highest BCUT2D eigenvalue weighted by Gasteiger charge is 2.32. The van der Waals surface area contributed by atoms with Crippen LogP contribution in [0.1, 0.15) is 45.4 Å². The zero-order chi connectivity index (χ0) is 14.5. The number of hydrogen-bond acceptors (Lipinski definition) is 4. The third kappa shape index (κ3) is 3.80. The SMILES string of the molecule is CCC(C)C1CN(Cc2cncs2)C(C(C)CC)CN1. The van der Waals surface area contributed by atoms with Crippen LogP contribution in [0.3, 0.4) is 0 Å². The Morgan fingerprint density at radius 2 is 2.10 bits per heavy atom. The first-order chi connectivity index (χ1) is 9.65. The molecule has 1 N–H and O–H groups in total. The Morgan fingerprint density at radius 3 is 2.70 bits per heavy atom. The molecule has 4 unspecified atom stereocenters. The van der Waals surface area contributed by atoms with Gasteiger partial charge in [-0.15, -0.1) is 11.3 Å². The molecule has 1 aliphatic heterocycles. The Hall–Kier alpha value is -0.450. The number of nitrogens with zero attached hydrogens (tertiary/aromatic N) is 2. The van der Waals surface area contributed by atoms with E-state index in [9.17, 15) is 0 Å². The summed E-state index contributed by atoms with van der Waals surface area (Å²) in [5.41, 5.74) is 1.95. The van der Waals surface area contributed by atoms with Crippen molar-refractivity contribution in [3.05, 3.63) is 16.6 Å². The molecule has 4 atom stereocenters. The molecular weight excluding hydrogens is 266 g/mol. The number of aromatic nitrogens is 1. The van der Waals surface area contributed by atoms with E-state index in [1.807, 2.05) is 11.7 Å². The van der Waals surface area contributed by atoms with E-state index in [1.54, 1.807) is 11.3 Å². The second-order valence-corrected chi connectivity index (χ2v) is 7.22. The molecule has 0 aromatic carbocycles. The van der Waals surface area contributed by atoms with Crippen LogP contribution in [-0.4, -0.2) is 35.1 Å². The van der Waals surface area contributed by atoms with E-state index in [0.29, 0.717) is 12.1 Å². The smallest absolute Gasteiger partial charge is 0.0794 e. The summed E-state index contributed by atoms with van der Waals surface area (Å²) in [7, 11) is 0. The van der Waals surface area contributed by atoms with Gasteiger partial charge in [-0.25, -0.2) is 0 Å². The monoisotopic (exact) mass is 295 g/mol. The van der Waals surface area contributed by atoms with Crippen LogP contribution in [0.5, 0.6) is 0 Å². The maximum atomic E-state index is 4.22. The van der Waals surface area contributed by atoms with Gasteiger partial charge >= 0.3 is 0 Å². The van der Waals surface area contributed by atoms with Crippen molar-refractivity contribution in [2.24, 2.45) is 11.8 Å². The van der Waals surface area contributed by atoms with Gasteiger partial charge < -0.3 is 5.32 Å². The lowest BCUT2D eigenvalue weighted by atomic mass is 9.90. The van der Waals surface area contributed by atoms with Crippen molar-refractivity contribution in [1.82, 2.24) is 15.2 Å². The molecule has 20 heavy (non-hydrogen) atoms. The van der Waals surface area contributed by atoms with Crippen LogP contribution in [0.2, 0.25) is 0 Å². The van der Waals surface area contributed by atoms with Gasteiger partial charge in [-0.05, 0) is 11.8 Å². The number of thiazole rings is 1. The Balaban J connectivity index is 2.06. The van der Waals surface area contributed by atoms with Crippen LogP contribution in [0, 0.1) is 11.8 Å². The number of piperazine rings is 1. The van der Waals surface area contributed by atoms with Crippen molar-refractivity contribution in [2.45, 2.75) is 59.2 Å². The number of nitrogens with one attached hydrogen (secondary N) is 1. The summed E-state index contributed by atoms with van der Waals surface area (Å²) in [5.74, 6) is 1.49. The predicted molar refractivity (Wildman–Crippen MR) is 87.0 cm³/mol. The molecular formula is C16H29N3S. The van der Waals surface area contributed by atoms with Crippen molar-refractivity contribution in [3.8, 4) is 0 Å². The Morgan fingerprint density at radius 1 is 1.35 bits per heavy atom. The maximum Gasteiger partial charge on any atom is 0.0794 e. The maximum absolute atomic E-state index is 4.22. The predicted octanol–water partition coefficient (Wildman–Crippen LogP) is 3.38. The Bertz CT molecular complexity index is 379. The Labute approximate surface area is 127 Å². The molecule has 0 spiro atoms. The van der Waals surface area contributed by atoms with Gasteiger partial charge in [-0.2, -0.15) is 0 Å². The zero-order valence-corrected chi connectivity index (χ0v) is 14.1. The van der Waals surface area contributed by atoms with E-state index in [-0.39, 0.29) is 0 Å². The fraction of sp³-hybridized carbons (Fsp3) is 0.812. The molecule has 2 rings (SSSR count). The van der Waals surface area contributed by atoms with Crippen molar-refractivity contribution < 1.29 is 0 Å². The molecule has 1 aromatic rings. The fourth-order valence-corrected chi connectivity index (χ4v) is 3.67. The van der Waals surface area contributed by atoms with Crippen LogP contribution in [-0.2, 0) is 6.54 Å². The first kappa shape index (κ1) is 15.9. The van der Waals surface area contributed by atoms with E-state index >= 15 is 0 Å². The van der Waals surface area contributed by atoms with Gasteiger partial charge in [0.25, 0.3) is 0 Å². The molecule has 3 nitrogen and oxygen atoms in total. The topological polar surface area (TPSA) is 28.2 Å². The summed E-state index contributed by atoms with van der Waals surface area (Å²) in [5, 5.41) is 3.79. The third-order valence-corrected chi connectivity index (χ3v) is 5.73. The summed E-state index contributed by atoms with van der Waals surface area (Å²) in [4.78, 5) is 8.31. The summed E-state index contributed by atoms with van der Waals surface area (Å²) in [6.45, 7) is 12.7. The first-order valence-electron chi connectivity index (χ1n) is 8.00. The summed E-state index contributed by atoms with van der Waals surface area (Å²) in [6.07, 6.45) is 4.53. The summed E-state index contributed by atoms with van der Waals surface area (Å²) >= 11 is 1.78. The molecule has 114 valence electrons. The van der Waals surface area contributed by atoms with Gasteiger partial charge in [0, 0.05) is 42.8 Å². The largest absolute Gasteiger partial charge is 0.311 e. The molecule has 0 radical (unpaired) electrons. The van der Waals surface area contributed by atoms with Crippen LogP contribution in [0.15, 0.2) is 11.7 Å². The summed E-state index contributed by atoms with van der Waals surface area (Å²) < 4.78 is 0. The van der Waals surface area contributed by atoms with E-state index in [1.165, 1.54) is 24.3 Å². The van der Waals surface area contributed by atoms with E-state index < -0.39 is 0 Å². The van der Waals surface area contributed by atoms with E-state index in [4.69, 9.17) is 0 Å². The molecule has 0 aliphatic carbocycles. The lowest BCUT2D eigenvalue weighted by molar-refractivity contribution is 0.0701. The molecule has 1 aliphatic rings. The molecule has 1 fully saturated rings. The normalized spacial score (nSPS) is 27.4. The minimum atomic E-state index is 0.633. The minimum Gasteiger partial charge on any atom is -0.311 e. The molecule has 0 saturated carbocycles. The van der Waals surface area contributed by atoms with Crippen molar-refractivity contribution in [2.75, 3.05) is 13.1 Å². The van der Waals surface area contributed by atoms with E-state index in [2.05, 4.69) is 42.9 Å². The van der Waals surface area contributed by atoms with Gasteiger partial charge in [0.1, 0.15) is 0 Å². The lowest BCUT2D eigenvalue weighted by Gasteiger charge is -2.44.